The number of rotatable bonds is 2. The summed E-state index contributed by atoms with van der Waals surface area (Å²) in [4.78, 5) is 10.5. The minimum absolute atomic E-state index is 0.0503. The number of thiol groups is 1. The summed E-state index contributed by atoms with van der Waals surface area (Å²) in [5, 5.41) is 8.59. The third kappa shape index (κ3) is 2.63. The van der Waals surface area contributed by atoms with Crippen LogP contribution in [0.4, 0.5) is 0 Å². The molecule has 0 heterocycles. The SMILES string of the molecule is Cc1ccccc1C=C(S)C(=O)O. The first-order valence-electron chi connectivity index (χ1n) is 3.81. The summed E-state index contributed by atoms with van der Waals surface area (Å²) in [7, 11) is 0. The average molecular weight is 194 g/mol. The molecular formula is C10H10O2S. The van der Waals surface area contributed by atoms with Crippen molar-refractivity contribution in [1.29, 1.82) is 0 Å². The molecule has 0 saturated heterocycles. The van der Waals surface area contributed by atoms with Crippen molar-refractivity contribution in [1.82, 2.24) is 0 Å². The predicted molar refractivity (Wildman–Crippen MR) is 55.8 cm³/mol. The Kier molecular flexibility index (Phi) is 3.14. The fraction of sp³-hybridized carbons (Fsp3) is 0.100. The molecule has 1 rings (SSSR count). The summed E-state index contributed by atoms with van der Waals surface area (Å²) < 4.78 is 0. The number of benzene rings is 1. The molecule has 0 unspecified atom stereocenters. The number of carboxylic acids is 1. The van der Waals surface area contributed by atoms with Gasteiger partial charge in [-0.3, -0.25) is 0 Å². The summed E-state index contributed by atoms with van der Waals surface area (Å²) in [5.41, 5.74) is 1.92. The number of hydrogen-bond donors (Lipinski definition) is 2. The Morgan fingerprint density at radius 2 is 2.08 bits per heavy atom. The highest BCUT2D eigenvalue weighted by atomic mass is 32.1. The third-order valence-corrected chi connectivity index (χ3v) is 2.02. The highest BCUT2D eigenvalue weighted by Crippen LogP contribution is 2.13. The fourth-order valence-corrected chi connectivity index (χ4v) is 1.10. The lowest BCUT2D eigenvalue weighted by Gasteiger charge is -1.99. The van der Waals surface area contributed by atoms with Crippen LogP contribution in [0.3, 0.4) is 0 Å². The van der Waals surface area contributed by atoms with Gasteiger partial charge in [-0.2, -0.15) is 0 Å². The van der Waals surface area contributed by atoms with Crippen molar-refractivity contribution < 1.29 is 9.90 Å². The predicted octanol–water partition coefficient (Wildman–Crippen LogP) is 2.35. The summed E-state index contributed by atoms with van der Waals surface area (Å²) >= 11 is 3.85. The number of aliphatic carboxylic acids is 1. The summed E-state index contributed by atoms with van der Waals surface area (Å²) in [6, 6.07) is 7.55. The second kappa shape index (κ2) is 4.14. The molecule has 1 N–H and O–H groups in total. The lowest BCUT2D eigenvalue weighted by molar-refractivity contribution is -0.131. The smallest absolute Gasteiger partial charge is 0.341 e. The Bertz CT molecular complexity index is 356. The van der Waals surface area contributed by atoms with Crippen LogP contribution in [-0.2, 0) is 4.79 Å². The Labute approximate surface area is 82.3 Å². The van der Waals surface area contributed by atoms with Gasteiger partial charge in [0.25, 0.3) is 0 Å². The van der Waals surface area contributed by atoms with Gasteiger partial charge in [0.05, 0.1) is 4.91 Å². The van der Waals surface area contributed by atoms with Crippen LogP contribution in [0.2, 0.25) is 0 Å². The molecule has 0 amide bonds. The largest absolute Gasteiger partial charge is 0.477 e. The molecule has 0 radical (unpaired) electrons. The van der Waals surface area contributed by atoms with E-state index in [4.69, 9.17) is 5.11 Å². The second-order valence-electron chi connectivity index (χ2n) is 2.69. The van der Waals surface area contributed by atoms with Crippen molar-refractivity contribution in [3.8, 4) is 0 Å². The Hall–Kier alpha value is -1.22. The van der Waals surface area contributed by atoms with Gasteiger partial charge < -0.3 is 5.11 Å². The summed E-state index contributed by atoms with van der Waals surface area (Å²) in [6.45, 7) is 1.93. The van der Waals surface area contributed by atoms with E-state index in [2.05, 4.69) is 12.6 Å². The molecule has 0 fully saturated rings. The summed E-state index contributed by atoms with van der Waals surface area (Å²) in [6.07, 6.45) is 1.54. The zero-order valence-electron chi connectivity index (χ0n) is 7.19. The topological polar surface area (TPSA) is 37.3 Å². The van der Waals surface area contributed by atoms with E-state index in [9.17, 15) is 4.79 Å². The minimum Gasteiger partial charge on any atom is -0.477 e. The van der Waals surface area contributed by atoms with Crippen LogP contribution in [0.15, 0.2) is 29.2 Å². The Morgan fingerprint density at radius 1 is 1.46 bits per heavy atom. The number of aryl methyl sites for hydroxylation is 1. The molecule has 0 bridgehead atoms. The zero-order chi connectivity index (χ0) is 9.84. The zero-order valence-corrected chi connectivity index (χ0v) is 8.08. The summed E-state index contributed by atoms with van der Waals surface area (Å²) in [5.74, 6) is -1.01. The van der Waals surface area contributed by atoms with Gasteiger partial charge in [0.2, 0.25) is 0 Å². The maximum absolute atomic E-state index is 10.5. The maximum Gasteiger partial charge on any atom is 0.341 e. The quantitative estimate of drug-likeness (QED) is 0.560. The molecule has 0 aliphatic heterocycles. The first kappa shape index (κ1) is 9.86. The number of hydrogen-bond acceptors (Lipinski definition) is 2. The molecule has 13 heavy (non-hydrogen) atoms. The molecule has 0 spiro atoms. The first-order valence-corrected chi connectivity index (χ1v) is 4.25. The van der Waals surface area contributed by atoms with Crippen LogP contribution in [0, 0.1) is 6.92 Å². The van der Waals surface area contributed by atoms with Crippen LogP contribution >= 0.6 is 12.6 Å². The van der Waals surface area contributed by atoms with E-state index in [0.717, 1.165) is 11.1 Å². The molecule has 3 heteroatoms. The lowest BCUT2D eigenvalue weighted by Crippen LogP contribution is -1.93. The van der Waals surface area contributed by atoms with Crippen LogP contribution in [0.5, 0.6) is 0 Å². The molecule has 0 atom stereocenters. The molecule has 0 aromatic heterocycles. The van der Waals surface area contributed by atoms with E-state index in [1.54, 1.807) is 6.08 Å². The molecular weight excluding hydrogens is 184 g/mol. The molecule has 2 nitrogen and oxygen atoms in total. The van der Waals surface area contributed by atoms with Crippen molar-refractivity contribution in [3.63, 3.8) is 0 Å². The van der Waals surface area contributed by atoms with Gasteiger partial charge in [-0.15, -0.1) is 12.6 Å². The van der Waals surface area contributed by atoms with Crippen molar-refractivity contribution in [2.24, 2.45) is 0 Å². The second-order valence-corrected chi connectivity index (χ2v) is 3.17. The molecule has 0 aliphatic rings. The van der Waals surface area contributed by atoms with Gasteiger partial charge in [0.15, 0.2) is 0 Å². The normalized spacial score (nSPS) is 11.4. The van der Waals surface area contributed by atoms with Gasteiger partial charge in [-0.25, -0.2) is 4.79 Å². The first-order chi connectivity index (χ1) is 6.11. The fourth-order valence-electron chi connectivity index (χ4n) is 0.958. The van der Waals surface area contributed by atoms with Gasteiger partial charge >= 0.3 is 5.97 Å². The Morgan fingerprint density at radius 3 is 2.62 bits per heavy atom. The highest BCUT2D eigenvalue weighted by molar-refractivity contribution is 7.85. The van der Waals surface area contributed by atoms with E-state index >= 15 is 0 Å². The minimum atomic E-state index is -1.01. The van der Waals surface area contributed by atoms with E-state index < -0.39 is 5.97 Å². The van der Waals surface area contributed by atoms with Gasteiger partial charge in [-0.1, -0.05) is 24.3 Å². The standard InChI is InChI=1S/C10H10O2S/c1-7-4-2-3-5-8(7)6-9(13)10(11)12/h2-6,13H,1H3,(H,11,12). The van der Waals surface area contributed by atoms with E-state index in [0.29, 0.717) is 0 Å². The van der Waals surface area contributed by atoms with Crippen molar-refractivity contribution in [2.75, 3.05) is 0 Å². The van der Waals surface area contributed by atoms with Gasteiger partial charge in [0, 0.05) is 0 Å². The lowest BCUT2D eigenvalue weighted by atomic mass is 10.1. The van der Waals surface area contributed by atoms with Crippen LogP contribution in [0.25, 0.3) is 6.08 Å². The van der Waals surface area contributed by atoms with Crippen LogP contribution in [0.1, 0.15) is 11.1 Å². The molecule has 68 valence electrons. The third-order valence-electron chi connectivity index (χ3n) is 1.70. The van der Waals surface area contributed by atoms with E-state index in [1.165, 1.54) is 0 Å². The monoisotopic (exact) mass is 194 g/mol. The molecule has 1 aromatic rings. The number of carbonyl (C=O) groups is 1. The molecule has 0 saturated carbocycles. The van der Waals surface area contributed by atoms with Crippen molar-refractivity contribution >= 4 is 24.7 Å². The van der Waals surface area contributed by atoms with Crippen LogP contribution in [-0.4, -0.2) is 11.1 Å². The Balaban J connectivity index is 3.04. The molecule has 0 aliphatic carbocycles. The average Bonchev–Trinajstić information content (AvgIpc) is 2.08. The number of carboxylic acid groups (broad SMARTS) is 1. The maximum atomic E-state index is 10.5. The molecule has 1 aromatic carbocycles. The highest BCUT2D eigenvalue weighted by Gasteiger charge is 2.01. The van der Waals surface area contributed by atoms with E-state index in [1.807, 2.05) is 31.2 Å². The van der Waals surface area contributed by atoms with Crippen molar-refractivity contribution in [3.05, 3.63) is 40.3 Å². The van der Waals surface area contributed by atoms with Gasteiger partial charge in [0.1, 0.15) is 0 Å². The van der Waals surface area contributed by atoms with Crippen LogP contribution < -0.4 is 0 Å². The van der Waals surface area contributed by atoms with Gasteiger partial charge in [-0.05, 0) is 24.1 Å². The van der Waals surface area contributed by atoms with E-state index in [-0.39, 0.29) is 4.91 Å². The van der Waals surface area contributed by atoms with Crippen molar-refractivity contribution in [2.45, 2.75) is 6.92 Å².